The fourth-order valence-corrected chi connectivity index (χ4v) is 2.13. The van der Waals surface area contributed by atoms with Gasteiger partial charge in [0.15, 0.2) is 11.4 Å². The number of aliphatic hydroxyl groups is 1. The molecule has 1 aromatic rings. The van der Waals surface area contributed by atoms with Crippen LogP contribution in [-0.2, 0) is 9.53 Å². The zero-order chi connectivity index (χ0) is 16.3. The molecule has 1 heterocycles. The monoisotopic (exact) mass is 306 g/mol. The zero-order valence-corrected chi connectivity index (χ0v) is 12.7. The van der Waals surface area contributed by atoms with Crippen molar-refractivity contribution in [1.29, 1.82) is 0 Å². The molecule has 1 aromatic carbocycles. The molecule has 7 heteroatoms. The molecule has 1 unspecified atom stereocenters. The lowest BCUT2D eigenvalue weighted by molar-refractivity contribution is -0.135. The first-order chi connectivity index (χ1) is 10.4. The van der Waals surface area contributed by atoms with Gasteiger partial charge in [-0.05, 0) is 32.0 Å². The molecule has 118 valence electrons. The number of hydrogen-bond acceptors (Lipinski definition) is 6. The van der Waals surface area contributed by atoms with Crippen LogP contribution in [0.1, 0.15) is 30.6 Å². The summed E-state index contributed by atoms with van der Waals surface area (Å²) in [6.07, 6.45) is -0.0818. The highest BCUT2D eigenvalue weighted by molar-refractivity contribution is 6.37. The average Bonchev–Trinajstić information content (AvgIpc) is 2.82. The maximum Gasteiger partial charge on any atom is 0.354 e. The van der Waals surface area contributed by atoms with Crippen LogP contribution in [0.2, 0.25) is 0 Å². The lowest BCUT2D eigenvalue weighted by atomic mass is 10.1. The van der Waals surface area contributed by atoms with Crippen LogP contribution in [0.15, 0.2) is 29.4 Å². The van der Waals surface area contributed by atoms with Crippen LogP contribution in [0, 0.1) is 0 Å². The number of benzene rings is 1. The van der Waals surface area contributed by atoms with E-state index in [2.05, 4.69) is 5.10 Å². The van der Waals surface area contributed by atoms with Crippen LogP contribution in [0.25, 0.3) is 0 Å². The van der Waals surface area contributed by atoms with Crippen LogP contribution in [-0.4, -0.2) is 47.1 Å². The molecule has 0 radical (unpaired) electrons. The summed E-state index contributed by atoms with van der Waals surface area (Å²) in [6, 6.07) is 6.48. The largest absolute Gasteiger partial charge is 0.497 e. The minimum Gasteiger partial charge on any atom is -0.497 e. The van der Waals surface area contributed by atoms with Gasteiger partial charge in [0.1, 0.15) is 5.75 Å². The number of ether oxygens (including phenoxy) is 2. The maximum atomic E-state index is 12.5. The highest BCUT2D eigenvalue weighted by atomic mass is 16.5. The van der Waals surface area contributed by atoms with Crippen molar-refractivity contribution in [3.05, 3.63) is 29.8 Å². The molecular formula is C15H18N2O5. The van der Waals surface area contributed by atoms with Gasteiger partial charge in [0.25, 0.3) is 5.91 Å². The molecule has 1 atom stereocenters. The molecule has 0 saturated heterocycles. The standard InChI is InChI=1S/C15H18N2O5/c1-4-22-14(19)12-9-15(2,20)17(16-12)13(18)10-6-5-7-11(8-10)21-3/h5-8,20H,4,9H2,1-3H3. The maximum absolute atomic E-state index is 12.5. The van der Waals surface area contributed by atoms with E-state index in [1.807, 2.05) is 0 Å². The van der Waals surface area contributed by atoms with Crippen molar-refractivity contribution >= 4 is 17.6 Å². The normalized spacial score (nSPS) is 20.5. The summed E-state index contributed by atoms with van der Waals surface area (Å²) >= 11 is 0. The van der Waals surface area contributed by atoms with Crippen LogP contribution < -0.4 is 4.74 Å². The van der Waals surface area contributed by atoms with Gasteiger partial charge in [0.05, 0.1) is 13.7 Å². The second-order valence-corrected chi connectivity index (χ2v) is 5.01. The fourth-order valence-electron chi connectivity index (χ4n) is 2.13. The molecular weight excluding hydrogens is 288 g/mol. The third-order valence-corrected chi connectivity index (χ3v) is 3.20. The number of carbonyl (C=O) groups is 2. The molecule has 0 fully saturated rings. The first-order valence-electron chi connectivity index (χ1n) is 6.84. The third-order valence-electron chi connectivity index (χ3n) is 3.20. The van der Waals surface area contributed by atoms with Crippen molar-refractivity contribution in [2.45, 2.75) is 26.0 Å². The fraction of sp³-hybridized carbons (Fsp3) is 0.400. The van der Waals surface area contributed by atoms with Gasteiger partial charge in [-0.25, -0.2) is 4.79 Å². The summed E-state index contributed by atoms with van der Waals surface area (Å²) in [6.45, 7) is 3.29. The van der Waals surface area contributed by atoms with Crippen LogP contribution in [0.3, 0.4) is 0 Å². The number of esters is 1. The smallest absolute Gasteiger partial charge is 0.354 e. The van der Waals surface area contributed by atoms with Crippen LogP contribution in [0.5, 0.6) is 5.75 Å². The van der Waals surface area contributed by atoms with Crippen molar-refractivity contribution in [1.82, 2.24) is 5.01 Å². The summed E-state index contributed by atoms with van der Waals surface area (Å²) in [7, 11) is 1.49. The summed E-state index contributed by atoms with van der Waals surface area (Å²) in [5.41, 5.74) is -1.26. The van der Waals surface area contributed by atoms with Crippen molar-refractivity contribution < 1.29 is 24.2 Å². The number of hydrazone groups is 1. The molecule has 2 rings (SSSR count). The number of amides is 1. The third kappa shape index (κ3) is 3.09. The molecule has 22 heavy (non-hydrogen) atoms. The van der Waals surface area contributed by atoms with E-state index in [-0.39, 0.29) is 18.7 Å². The van der Waals surface area contributed by atoms with E-state index < -0.39 is 17.6 Å². The van der Waals surface area contributed by atoms with E-state index in [0.717, 1.165) is 5.01 Å². The van der Waals surface area contributed by atoms with Gasteiger partial charge in [-0.3, -0.25) is 4.79 Å². The molecule has 1 aliphatic heterocycles. The van der Waals surface area contributed by atoms with E-state index in [4.69, 9.17) is 9.47 Å². The van der Waals surface area contributed by atoms with E-state index in [1.54, 1.807) is 25.1 Å². The predicted molar refractivity (Wildman–Crippen MR) is 78.5 cm³/mol. The van der Waals surface area contributed by atoms with Gasteiger partial charge in [0, 0.05) is 12.0 Å². The molecule has 1 amide bonds. The lowest BCUT2D eigenvalue weighted by Gasteiger charge is -2.26. The Labute approximate surface area is 128 Å². The Morgan fingerprint density at radius 2 is 2.18 bits per heavy atom. The Bertz CT molecular complexity index is 624. The topological polar surface area (TPSA) is 88.4 Å². The first kappa shape index (κ1) is 16.0. The molecule has 0 aromatic heterocycles. The van der Waals surface area contributed by atoms with Crippen molar-refractivity contribution in [2.24, 2.45) is 5.10 Å². The Morgan fingerprint density at radius 1 is 1.45 bits per heavy atom. The van der Waals surface area contributed by atoms with Gasteiger partial charge in [0.2, 0.25) is 0 Å². The number of rotatable bonds is 4. The van der Waals surface area contributed by atoms with E-state index in [9.17, 15) is 14.7 Å². The molecule has 0 saturated carbocycles. The number of nitrogens with zero attached hydrogens (tertiary/aromatic N) is 2. The Balaban J connectivity index is 2.28. The van der Waals surface area contributed by atoms with Gasteiger partial charge in [-0.15, -0.1) is 0 Å². The molecule has 0 bridgehead atoms. The minimum atomic E-state index is -1.58. The summed E-state index contributed by atoms with van der Waals surface area (Å²) in [5.74, 6) is -0.647. The zero-order valence-electron chi connectivity index (χ0n) is 12.7. The second kappa shape index (κ2) is 6.15. The van der Waals surface area contributed by atoms with Crippen molar-refractivity contribution in [3.8, 4) is 5.75 Å². The summed E-state index contributed by atoms with van der Waals surface area (Å²) < 4.78 is 9.92. The summed E-state index contributed by atoms with van der Waals surface area (Å²) in [5, 5.41) is 15.2. The number of hydrogen-bond donors (Lipinski definition) is 1. The highest BCUT2D eigenvalue weighted by Gasteiger charge is 2.43. The summed E-state index contributed by atoms with van der Waals surface area (Å²) in [4.78, 5) is 24.2. The van der Waals surface area contributed by atoms with Crippen molar-refractivity contribution in [2.75, 3.05) is 13.7 Å². The first-order valence-corrected chi connectivity index (χ1v) is 6.84. The Kier molecular flexibility index (Phi) is 4.46. The minimum absolute atomic E-state index is 0.0168. The number of carbonyl (C=O) groups excluding carboxylic acids is 2. The molecule has 1 aliphatic rings. The van der Waals surface area contributed by atoms with Gasteiger partial charge in [-0.2, -0.15) is 10.1 Å². The molecule has 7 nitrogen and oxygen atoms in total. The van der Waals surface area contributed by atoms with Crippen LogP contribution >= 0.6 is 0 Å². The quantitative estimate of drug-likeness (QED) is 0.844. The lowest BCUT2D eigenvalue weighted by Crippen LogP contribution is -2.43. The molecule has 0 spiro atoms. The SMILES string of the molecule is CCOC(=O)C1=NN(C(=O)c2cccc(OC)c2)C(C)(O)C1. The Morgan fingerprint density at radius 3 is 2.82 bits per heavy atom. The van der Waals surface area contributed by atoms with Crippen LogP contribution in [0.4, 0.5) is 0 Å². The van der Waals surface area contributed by atoms with Crippen molar-refractivity contribution in [3.63, 3.8) is 0 Å². The molecule has 0 aliphatic carbocycles. The van der Waals surface area contributed by atoms with E-state index in [1.165, 1.54) is 20.1 Å². The van der Waals surface area contributed by atoms with E-state index >= 15 is 0 Å². The van der Waals surface area contributed by atoms with Gasteiger partial charge in [-0.1, -0.05) is 6.07 Å². The predicted octanol–water partition coefficient (Wildman–Crippen LogP) is 1.17. The second-order valence-electron chi connectivity index (χ2n) is 5.01. The van der Waals surface area contributed by atoms with E-state index in [0.29, 0.717) is 11.3 Å². The van der Waals surface area contributed by atoms with Gasteiger partial charge < -0.3 is 14.6 Å². The van der Waals surface area contributed by atoms with Gasteiger partial charge >= 0.3 is 5.97 Å². The Hall–Kier alpha value is -2.41. The highest BCUT2D eigenvalue weighted by Crippen LogP contribution is 2.28. The average molecular weight is 306 g/mol. The molecule has 1 N–H and O–H groups in total. The number of methoxy groups -OCH3 is 1.